The summed E-state index contributed by atoms with van der Waals surface area (Å²) in [5.41, 5.74) is 6.59. The Bertz CT molecular complexity index is 1460. The summed E-state index contributed by atoms with van der Waals surface area (Å²) in [5.74, 6) is -2.37. The number of anilines is 1. The van der Waals surface area contributed by atoms with Crippen LogP contribution in [0, 0.1) is 0 Å². The Labute approximate surface area is 270 Å². The molecule has 2 aliphatic rings. The maximum atomic E-state index is 13.2. The Morgan fingerprint density at radius 2 is 1.93 bits per heavy atom. The molecule has 2 aliphatic heterocycles. The van der Waals surface area contributed by atoms with E-state index in [1.165, 1.54) is 62.3 Å². The molecule has 1 saturated heterocycles. The van der Waals surface area contributed by atoms with Crippen molar-refractivity contribution in [1.29, 1.82) is 0 Å². The number of nitrogens with two attached hydrogens (primary N) is 1. The van der Waals surface area contributed by atoms with Gasteiger partial charge in [-0.25, -0.2) is 14.3 Å². The van der Waals surface area contributed by atoms with E-state index in [0.29, 0.717) is 23.4 Å². The summed E-state index contributed by atoms with van der Waals surface area (Å²) in [5, 5.41) is 20.6. The first-order valence-corrected chi connectivity index (χ1v) is 17.0. The number of thioether (sulfide) groups is 1. The molecule has 15 heteroatoms. The maximum absolute atomic E-state index is 13.2. The van der Waals surface area contributed by atoms with Crippen LogP contribution >= 0.6 is 23.1 Å². The molecule has 2 aromatic rings. The van der Waals surface area contributed by atoms with Gasteiger partial charge in [-0.2, -0.15) is 0 Å². The van der Waals surface area contributed by atoms with Gasteiger partial charge in [-0.15, -0.1) is 23.1 Å². The van der Waals surface area contributed by atoms with Crippen LogP contribution in [0.1, 0.15) is 74.3 Å². The molecule has 2 aromatic heterocycles. The van der Waals surface area contributed by atoms with Crippen molar-refractivity contribution in [2.45, 2.75) is 76.3 Å². The summed E-state index contributed by atoms with van der Waals surface area (Å²) >= 11 is 2.47. The number of unbranched alkanes of at least 4 members (excludes halogenated alkanes) is 7. The standard InChI is InChI=1S/C30H39N7O6S2/c1-3-4-5-6-7-8-9-10-13-32-25(38)19-12-11-14-36(15-19)16-20-17-44-28-23(27(40)37(28)24(20)29(41)42)34-26(39)22(35-43-2)21-18-45-30(31)33-21/h11-12,14-15,18,23,28H,3-10,13,16-17H2,1-2H3,(H4-,31,32,33,34,38,39,41,42)/p+1/b35-22-/t23-,28-/m1/s1. The Morgan fingerprint density at radius 3 is 2.60 bits per heavy atom. The molecule has 0 bridgehead atoms. The van der Waals surface area contributed by atoms with Crippen molar-refractivity contribution in [2.75, 3.05) is 25.1 Å². The molecule has 0 radical (unpaired) electrons. The number of thiazole rings is 1. The van der Waals surface area contributed by atoms with E-state index in [1.807, 2.05) is 0 Å². The maximum Gasteiger partial charge on any atom is 0.352 e. The zero-order chi connectivity index (χ0) is 32.3. The molecule has 0 spiro atoms. The lowest BCUT2D eigenvalue weighted by Gasteiger charge is -2.49. The summed E-state index contributed by atoms with van der Waals surface area (Å²) in [6.45, 7) is 2.98. The van der Waals surface area contributed by atoms with Gasteiger partial charge in [0.05, 0.1) is 0 Å². The average molecular weight is 659 g/mol. The topological polar surface area (TPSA) is 180 Å². The smallest absolute Gasteiger partial charge is 0.352 e. The van der Waals surface area contributed by atoms with Crippen molar-refractivity contribution in [2.24, 2.45) is 5.16 Å². The molecule has 4 heterocycles. The number of oxime groups is 1. The van der Waals surface area contributed by atoms with Gasteiger partial charge < -0.3 is 26.3 Å². The van der Waals surface area contributed by atoms with Gasteiger partial charge in [0, 0.05) is 29.3 Å². The number of nitrogens with zero attached hydrogens (tertiary/aromatic N) is 4. The lowest BCUT2D eigenvalue weighted by Crippen LogP contribution is -2.71. The number of aliphatic carboxylic acids is 1. The third kappa shape index (κ3) is 8.60. The lowest BCUT2D eigenvalue weighted by atomic mass is 10.0. The van der Waals surface area contributed by atoms with Crippen molar-refractivity contribution in [1.82, 2.24) is 20.5 Å². The van der Waals surface area contributed by atoms with Crippen LogP contribution in [0.3, 0.4) is 0 Å². The predicted octanol–water partition coefficient (Wildman–Crippen LogP) is 2.67. The molecule has 13 nitrogen and oxygen atoms in total. The van der Waals surface area contributed by atoms with Crippen molar-refractivity contribution in [3.05, 3.63) is 52.4 Å². The number of pyridine rings is 1. The third-order valence-electron chi connectivity index (χ3n) is 7.51. The molecule has 242 valence electrons. The third-order valence-corrected chi connectivity index (χ3v) is 9.52. The predicted molar refractivity (Wildman–Crippen MR) is 171 cm³/mol. The van der Waals surface area contributed by atoms with E-state index in [2.05, 4.69) is 27.7 Å². The number of carboxylic acids is 1. The van der Waals surface area contributed by atoms with E-state index < -0.39 is 29.2 Å². The summed E-state index contributed by atoms with van der Waals surface area (Å²) in [4.78, 5) is 61.3. The lowest BCUT2D eigenvalue weighted by molar-refractivity contribution is -0.689. The monoisotopic (exact) mass is 658 g/mol. The van der Waals surface area contributed by atoms with Crippen LogP contribution in [0.25, 0.3) is 0 Å². The van der Waals surface area contributed by atoms with Gasteiger partial charge in [0.1, 0.15) is 35.5 Å². The minimum Gasteiger partial charge on any atom is -0.477 e. The van der Waals surface area contributed by atoms with Gasteiger partial charge in [-0.3, -0.25) is 19.3 Å². The van der Waals surface area contributed by atoms with Crippen LogP contribution in [0.15, 0.2) is 46.3 Å². The number of rotatable bonds is 17. The fraction of sp³-hybridized carbons (Fsp3) is 0.500. The van der Waals surface area contributed by atoms with Crippen LogP contribution in [0.4, 0.5) is 5.13 Å². The van der Waals surface area contributed by atoms with Crippen molar-refractivity contribution < 1.29 is 33.7 Å². The average Bonchev–Trinajstić information content (AvgIpc) is 3.46. The number of carboxylic acid groups (broad SMARTS) is 1. The molecule has 5 N–H and O–H groups in total. The molecule has 45 heavy (non-hydrogen) atoms. The molecular formula is C30H40N7O6S2+. The molecule has 0 aliphatic carbocycles. The van der Waals surface area contributed by atoms with Gasteiger partial charge in [0.25, 0.3) is 17.7 Å². The van der Waals surface area contributed by atoms with Gasteiger partial charge in [-0.05, 0) is 12.5 Å². The van der Waals surface area contributed by atoms with E-state index in [-0.39, 0.29) is 34.7 Å². The number of nitrogen functional groups attached to an aromatic ring is 1. The van der Waals surface area contributed by atoms with E-state index in [1.54, 1.807) is 34.5 Å². The van der Waals surface area contributed by atoms with E-state index >= 15 is 0 Å². The number of hydrogen-bond donors (Lipinski definition) is 4. The first-order valence-electron chi connectivity index (χ1n) is 15.1. The summed E-state index contributed by atoms with van der Waals surface area (Å²) in [7, 11) is 1.28. The highest BCUT2D eigenvalue weighted by Crippen LogP contribution is 2.40. The first kappa shape index (κ1) is 33.9. The number of hydrogen-bond acceptors (Lipinski definition) is 10. The summed E-state index contributed by atoms with van der Waals surface area (Å²) in [6.07, 6.45) is 12.9. The zero-order valence-corrected chi connectivity index (χ0v) is 27.1. The number of fused-ring (bicyclic) bond motifs is 1. The summed E-state index contributed by atoms with van der Waals surface area (Å²) in [6, 6.07) is 2.49. The largest absolute Gasteiger partial charge is 0.477 e. The van der Waals surface area contributed by atoms with Crippen molar-refractivity contribution in [3.63, 3.8) is 0 Å². The Hall–Kier alpha value is -3.98. The molecule has 0 aromatic carbocycles. The minimum absolute atomic E-state index is 0.121. The normalized spacial score (nSPS) is 17.9. The highest BCUT2D eigenvalue weighted by molar-refractivity contribution is 8.00. The van der Waals surface area contributed by atoms with E-state index in [0.717, 1.165) is 24.2 Å². The molecule has 1 fully saturated rings. The van der Waals surface area contributed by atoms with Gasteiger partial charge in [0.15, 0.2) is 29.8 Å². The fourth-order valence-corrected chi connectivity index (χ4v) is 7.13. The molecular weight excluding hydrogens is 619 g/mol. The Morgan fingerprint density at radius 1 is 1.20 bits per heavy atom. The summed E-state index contributed by atoms with van der Waals surface area (Å²) < 4.78 is 1.74. The highest BCUT2D eigenvalue weighted by atomic mass is 32.2. The first-order chi connectivity index (χ1) is 21.7. The number of carbonyl (C=O) groups is 4. The number of nitrogens with one attached hydrogen (secondary N) is 2. The molecule has 4 rings (SSSR count). The van der Waals surface area contributed by atoms with E-state index in [9.17, 15) is 24.3 Å². The number of amides is 3. The highest BCUT2D eigenvalue weighted by Gasteiger charge is 2.54. The van der Waals surface area contributed by atoms with Crippen LogP contribution in [0.2, 0.25) is 0 Å². The van der Waals surface area contributed by atoms with Crippen molar-refractivity contribution >= 4 is 57.6 Å². The van der Waals surface area contributed by atoms with Crippen LogP contribution < -0.4 is 20.9 Å². The quantitative estimate of drug-likeness (QED) is 0.0654. The molecule has 0 saturated carbocycles. The second kappa shape index (κ2) is 16.4. The Balaban J connectivity index is 1.35. The van der Waals surface area contributed by atoms with Crippen LogP contribution in [-0.2, 0) is 25.8 Å². The van der Waals surface area contributed by atoms with E-state index in [4.69, 9.17) is 10.6 Å². The van der Waals surface area contributed by atoms with Crippen LogP contribution in [0.5, 0.6) is 0 Å². The minimum atomic E-state index is -1.24. The second-order valence-electron chi connectivity index (χ2n) is 10.8. The second-order valence-corrected chi connectivity index (χ2v) is 12.8. The molecule has 2 atom stereocenters. The van der Waals surface area contributed by atoms with Crippen LogP contribution in [-0.4, -0.2) is 75.2 Å². The number of aromatic nitrogens is 2. The van der Waals surface area contributed by atoms with Gasteiger partial charge in [-0.1, -0.05) is 57.0 Å². The SMILES string of the molecule is CCCCCCCCCCNC(=O)c1ccc[n+](CC2=C(C(=O)O)N3C(=O)[C@@H](NC(=O)/C(=N\OC)c4csc(N)n4)[C@H]3SC2)c1. The number of carbonyl (C=O) groups excluding carboxylic acids is 3. The Kier molecular flexibility index (Phi) is 12.3. The fourth-order valence-electron chi connectivity index (χ4n) is 5.24. The zero-order valence-electron chi connectivity index (χ0n) is 25.5. The number of β-lactam (4-membered cyclic amide) rings is 1. The molecule has 3 amide bonds. The van der Waals surface area contributed by atoms with Gasteiger partial charge in [0.2, 0.25) is 0 Å². The van der Waals surface area contributed by atoms with Gasteiger partial charge >= 0.3 is 5.97 Å². The van der Waals surface area contributed by atoms with Crippen molar-refractivity contribution in [3.8, 4) is 0 Å². The molecule has 0 unspecified atom stereocenters.